The minimum atomic E-state index is -3.21. The Bertz CT molecular complexity index is 355. The lowest BCUT2D eigenvalue weighted by molar-refractivity contribution is 0.244. The van der Waals surface area contributed by atoms with Crippen molar-refractivity contribution in [3.8, 4) is 0 Å². The van der Waals surface area contributed by atoms with Crippen LogP contribution in [-0.4, -0.2) is 55.8 Å². The van der Waals surface area contributed by atoms with Crippen molar-refractivity contribution in [3.63, 3.8) is 0 Å². The number of piperazine rings is 1. The van der Waals surface area contributed by atoms with Gasteiger partial charge in [-0.1, -0.05) is 6.92 Å². The summed E-state index contributed by atoms with van der Waals surface area (Å²) < 4.78 is 28.1. The summed E-state index contributed by atoms with van der Waals surface area (Å²) in [4.78, 5) is 0. The smallest absolute Gasteiger partial charge is 0.282 e. The fourth-order valence-corrected chi connectivity index (χ4v) is 4.22. The molecule has 1 N–H and O–H groups in total. The van der Waals surface area contributed by atoms with Gasteiger partial charge in [0, 0.05) is 38.8 Å². The highest BCUT2D eigenvalue weighted by Gasteiger charge is 2.33. The van der Waals surface area contributed by atoms with Crippen LogP contribution in [0.25, 0.3) is 0 Å². The van der Waals surface area contributed by atoms with E-state index in [0.717, 1.165) is 19.4 Å². The average Bonchev–Trinajstić information content (AvgIpc) is 2.29. The van der Waals surface area contributed by atoms with Gasteiger partial charge in [0.2, 0.25) is 0 Å². The number of nitrogens with one attached hydrogen (secondary N) is 1. The summed E-state index contributed by atoms with van der Waals surface area (Å²) in [7, 11) is -3.21. The van der Waals surface area contributed by atoms with E-state index in [1.165, 1.54) is 0 Å². The lowest BCUT2D eigenvalue weighted by Crippen LogP contribution is -2.56. The second-order valence-electron chi connectivity index (χ2n) is 5.30. The lowest BCUT2D eigenvalue weighted by Gasteiger charge is -2.37. The minimum Gasteiger partial charge on any atom is -0.312 e. The molecule has 0 spiro atoms. The van der Waals surface area contributed by atoms with Gasteiger partial charge in [0.25, 0.3) is 10.2 Å². The molecule has 2 rings (SSSR count). The van der Waals surface area contributed by atoms with E-state index >= 15 is 0 Å². The Hall–Kier alpha value is 0.120. The predicted molar refractivity (Wildman–Crippen MR) is 75.2 cm³/mol. The zero-order chi connectivity index (χ0) is 12.5. The summed E-state index contributed by atoms with van der Waals surface area (Å²) in [5, 5.41) is 3.27. The van der Waals surface area contributed by atoms with Crippen molar-refractivity contribution in [2.45, 2.75) is 32.7 Å². The van der Waals surface area contributed by atoms with E-state index in [1.54, 1.807) is 8.61 Å². The van der Waals surface area contributed by atoms with Gasteiger partial charge in [-0.25, -0.2) is 0 Å². The molecule has 0 saturated carbocycles. The molecule has 2 aliphatic heterocycles. The van der Waals surface area contributed by atoms with Gasteiger partial charge in [0.05, 0.1) is 0 Å². The second-order valence-corrected chi connectivity index (χ2v) is 7.23. The van der Waals surface area contributed by atoms with Crippen LogP contribution in [-0.2, 0) is 10.2 Å². The molecule has 108 valence electrons. The molecule has 0 aromatic heterocycles. The summed E-state index contributed by atoms with van der Waals surface area (Å²) in [5.41, 5.74) is 0. The summed E-state index contributed by atoms with van der Waals surface area (Å²) in [5.74, 6) is 0.656. The van der Waals surface area contributed by atoms with Crippen LogP contribution < -0.4 is 5.32 Å². The molecule has 0 aliphatic carbocycles. The van der Waals surface area contributed by atoms with Crippen LogP contribution in [0.5, 0.6) is 0 Å². The maximum absolute atomic E-state index is 12.4. The monoisotopic (exact) mass is 297 g/mol. The van der Waals surface area contributed by atoms with Crippen molar-refractivity contribution < 1.29 is 8.42 Å². The third-order valence-electron chi connectivity index (χ3n) is 3.73. The van der Waals surface area contributed by atoms with Crippen LogP contribution in [0.4, 0.5) is 0 Å². The Balaban J connectivity index is 0.00000162. The van der Waals surface area contributed by atoms with E-state index < -0.39 is 10.2 Å². The first-order valence-electron chi connectivity index (χ1n) is 6.49. The molecule has 5 nitrogen and oxygen atoms in total. The maximum Gasteiger partial charge on any atom is 0.282 e. The van der Waals surface area contributed by atoms with E-state index in [-0.39, 0.29) is 18.4 Å². The first-order chi connectivity index (χ1) is 8.00. The molecule has 0 bridgehead atoms. The van der Waals surface area contributed by atoms with E-state index in [2.05, 4.69) is 12.2 Å². The fourth-order valence-electron chi connectivity index (χ4n) is 2.49. The highest BCUT2D eigenvalue weighted by Crippen LogP contribution is 2.21. The number of halogens is 1. The molecule has 0 radical (unpaired) electrons. The Morgan fingerprint density at radius 2 is 1.67 bits per heavy atom. The highest BCUT2D eigenvalue weighted by atomic mass is 35.5. The standard InChI is InChI=1S/C11H23N3O2S.ClH/c1-10-3-6-13(7-4-10)17(15,16)14-8-5-12-11(2)9-14;/h10-12H,3-9H2,1-2H3;1H. The van der Waals surface area contributed by atoms with Crippen LogP contribution >= 0.6 is 12.4 Å². The number of hydrogen-bond donors (Lipinski definition) is 1. The topological polar surface area (TPSA) is 52.7 Å². The first-order valence-corrected chi connectivity index (χ1v) is 7.88. The van der Waals surface area contributed by atoms with Gasteiger partial charge in [-0.05, 0) is 25.7 Å². The molecule has 7 heteroatoms. The summed E-state index contributed by atoms with van der Waals surface area (Å²) in [6, 6.07) is 0.252. The molecular formula is C11H24ClN3O2S. The van der Waals surface area contributed by atoms with Crippen LogP contribution in [0.2, 0.25) is 0 Å². The largest absolute Gasteiger partial charge is 0.312 e. The highest BCUT2D eigenvalue weighted by molar-refractivity contribution is 7.86. The zero-order valence-electron chi connectivity index (χ0n) is 11.1. The van der Waals surface area contributed by atoms with Crippen LogP contribution in [0.15, 0.2) is 0 Å². The maximum atomic E-state index is 12.4. The molecular weight excluding hydrogens is 274 g/mol. The quantitative estimate of drug-likeness (QED) is 0.815. The third-order valence-corrected chi connectivity index (χ3v) is 5.73. The fraction of sp³-hybridized carbons (Fsp3) is 1.00. The van der Waals surface area contributed by atoms with Crippen LogP contribution in [0.3, 0.4) is 0 Å². The van der Waals surface area contributed by atoms with Gasteiger partial charge >= 0.3 is 0 Å². The minimum absolute atomic E-state index is 0. The van der Waals surface area contributed by atoms with Crippen molar-refractivity contribution >= 4 is 22.6 Å². The average molecular weight is 298 g/mol. The molecule has 2 aliphatic rings. The summed E-state index contributed by atoms with van der Waals surface area (Å²) in [6.07, 6.45) is 1.97. The van der Waals surface area contributed by atoms with E-state index in [9.17, 15) is 8.42 Å². The van der Waals surface area contributed by atoms with Gasteiger partial charge in [-0.3, -0.25) is 0 Å². The Morgan fingerprint density at radius 1 is 1.06 bits per heavy atom. The predicted octanol–water partition coefficient (Wildman–Crippen LogP) is 0.679. The molecule has 1 atom stereocenters. The van der Waals surface area contributed by atoms with Gasteiger partial charge in [-0.15, -0.1) is 12.4 Å². The van der Waals surface area contributed by atoms with Gasteiger partial charge < -0.3 is 5.32 Å². The number of piperidine rings is 1. The number of hydrogen-bond acceptors (Lipinski definition) is 3. The van der Waals surface area contributed by atoms with E-state index in [0.29, 0.717) is 32.1 Å². The summed E-state index contributed by atoms with van der Waals surface area (Å²) in [6.45, 7) is 7.53. The van der Waals surface area contributed by atoms with Gasteiger partial charge in [0.1, 0.15) is 0 Å². The Morgan fingerprint density at radius 3 is 2.22 bits per heavy atom. The van der Waals surface area contributed by atoms with Crippen molar-refractivity contribution in [2.75, 3.05) is 32.7 Å². The molecule has 18 heavy (non-hydrogen) atoms. The van der Waals surface area contributed by atoms with Crippen molar-refractivity contribution in [1.82, 2.24) is 13.9 Å². The summed E-state index contributed by atoms with van der Waals surface area (Å²) >= 11 is 0. The van der Waals surface area contributed by atoms with Crippen molar-refractivity contribution in [1.29, 1.82) is 0 Å². The Labute approximate surface area is 116 Å². The molecule has 2 fully saturated rings. The number of nitrogens with zero attached hydrogens (tertiary/aromatic N) is 2. The second kappa shape index (κ2) is 6.52. The lowest BCUT2D eigenvalue weighted by atomic mass is 10.0. The Kier molecular flexibility index (Phi) is 5.86. The normalized spacial score (nSPS) is 28.9. The van der Waals surface area contributed by atoms with Crippen LogP contribution in [0, 0.1) is 5.92 Å². The molecule has 1 unspecified atom stereocenters. The van der Waals surface area contributed by atoms with Crippen molar-refractivity contribution in [2.24, 2.45) is 5.92 Å². The van der Waals surface area contributed by atoms with Gasteiger partial charge in [0.15, 0.2) is 0 Å². The van der Waals surface area contributed by atoms with Gasteiger partial charge in [-0.2, -0.15) is 17.0 Å². The zero-order valence-corrected chi connectivity index (χ0v) is 12.8. The molecule has 0 amide bonds. The first kappa shape index (κ1) is 16.2. The van der Waals surface area contributed by atoms with Crippen molar-refractivity contribution in [3.05, 3.63) is 0 Å². The third kappa shape index (κ3) is 3.57. The molecule has 2 heterocycles. The molecule has 0 aromatic carbocycles. The SMILES string of the molecule is CC1CCN(S(=O)(=O)N2CCNC(C)C2)CC1.Cl. The molecule has 2 saturated heterocycles. The van der Waals surface area contributed by atoms with Crippen LogP contribution in [0.1, 0.15) is 26.7 Å². The van der Waals surface area contributed by atoms with E-state index in [4.69, 9.17) is 0 Å². The van der Waals surface area contributed by atoms with E-state index in [1.807, 2.05) is 6.92 Å². The number of rotatable bonds is 2. The molecule has 0 aromatic rings.